The predicted molar refractivity (Wildman–Crippen MR) is 89.2 cm³/mol. The van der Waals surface area contributed by atoms with Gasteiger partial charge in [-0.05, 0) is 38.0 Å². The maximum absolute atomic E-state index is 11.8. The molecule has 1 amide bonds. The lowest BCUT2D eigenvalue weighted by atomic mass is 9.80. The molecular weight excluding hydrogens is 369 g/mol. The van der Waals surface area contributed by atoms with Crippen molar-refractivity contribution in [2.24, 2.45) is 5.92 Å². The lowest BCUT2D eigenvalue weighted by Gasteiger charge is -2.47. The molecule has 3 fully saturated rings. The zero-order chi connectivity index (χ0) is 19.9. The minimum atomic E-state index is -5.08. The van der Waals surface area contributed by atoms with E-state index in [-0.39, 0.29) is 18.1 Å². The molecule has 1 spiro atoms. The van der Waals surface area contributed by atoms with Gasteiger partial charge in [0.05, 0.1) is 5.60 Å². The van der Waals surface area contributed by atoms with Crippen molar-refractivity contribution in [2.45, 2.75) is 43.9 Å². The molecule has 3 aliphatic rings. The van der Waals surface area contributed by atoms with Gasteiger partial charge in [-0.25, -0.2) is 4.79 Å². The van der Waals surface area contributed by atoms with Crippen LogP contribution in [-0.2, 0) is 19.1 Å². The Bertz CT molecular complexity index is 505. The summed E-state index contributed by atoms with van der Waals surface area (Å²) in [6.45, 7) is 5.66. The lowest BCUT2D eigenvalue weighted by Crippen LogP contribution is -2.63. The van der Waals surface area contributed by atoms with Crippen LogP contribution in [-0.4, -0.2) is 79.7 Å². The van der Waals surface area contributed by atoms with E-state index in [0.717, 1.165) is 64.9 Å². The number of carbonyl (C=O) groups excluding carboxylic acids is 1. The number of carboxylic acid groups (broad SMARTS) is 1. The number of alkyl halides is 3. The summed E-state index contributed by atoms with van der Waals surface area (Å²) in [5.74, 6) is -1.91. The number of rotatable bonds is 5. The molecule has 0 bridgehead atoms. The van der Waals surface area contributed by atoms with Gasteiger partial charge in [-0.15, -0.1) is 0 Å². The van der Waals surface area contributed by atoms with Crippen molar-refractivity contribution in [2.75, 3.05) is 46.0 Å². The number of aliphatic carboxylic acids is 1. The van der Waals surface area contributed by atoms with Crippen LogP contribution in [0.4, 0.5) is 13.2 Å². The topological polar surface area (TPSA) is 88.1 Å². The number of nitrogens with zero attached hydrogens (tertiary/aromatic N) is 1. The Kier molecular flexibility index (Phi) is 7.87. The van der Waals surface area contributed by atoms with Crippen molar-refractivity contribution >= 4 is 11.9 Å². The third-order valence-corrected chi connectivity index (χ3v) is 5.09. The predicted octanol–water partition coefficient (Wildman–Crippen LogP) is 1.42. The van der Waals surface area contributed by atoms with Crippen LogP contribution in [0.5, 0.6) is 0 Å². The van der Waals surface area contributed by atoms with E-state index in [4.69, 9.17) is 19.4 Å². The number of halogens is 3. The number of carboxylic acids is 1. The van der Waals surface area contributed by atoms with Crippen molar-refractivity contribution in [1.82, 2.24) is 10.2 Å². The first-order valence-corrected chi connectivity index (χ1v) is 9.22. The van der Waals surface area contributed by atoms with Crippen molar-refractivity contribution < 1.29 is 37.3 Å². The van der Waals surface area contributed by atoms with Crippen molar-refractivity contribution in [1.29, 1.82) is 0 Å². The molecule has 3 heterocycles. The van der Waals surface area contributed by atoms with Crippen LogP contribution >= 0.6 is 0 Å². The van der Waals surface area contributed by atoms with Gasteiger partial charge in [0, 0.05) is 39.4 Å². The minimum Gasteiger partial charge on any atom is -0.475 e. The standard InChI is InChI=1S/C15H26N2O3.C2HF3O2/c18-14(17-5-1-2-6-17)10-19-7-3-13-4-8-20-15(9-13)11-16-12-15;3-2(4,5)1(6)7/h13,16H,1-12H2;(H,6,7). The van der Waals surface area contributed by atoms with E-state index >= 15 is 0 Å². The molecule has 3 aliphatic heterocycles. The van der Waals surface area contributed by atoms with Crippen molar-refractivity contribution in [3.8, 4) is 0 Å². The summed E-state index contributed by atoms with van der Waals surface area (Å²) >= 11 is 0. The highest BCUT2D eigenvalue weighted by molar-refractivity contribution is 5.77. The van der Waals surface area contributed by atoms with E-state index in [1.807, 2.05) is 4.90 Å². The molecule has 1 unspecified atom stereocenters. The summed E-state index contributed by atoms with van der Waals surface area (Å²) in [6, 6.07) is 0. The molecule has 2 N–H and O–H groups in total. The molecule has 27 heavy (non-hydrogen) atoms. The highest BCUT2D eigenvalue weighted by atomic mass is 19.4. The second-order valence-electron chi connectivity index (χ2n) is 7.23. The smallest absolute Gasteiger partial charge is 0.475 e. The van der Waals surface area contributed by atoms with Crippen LogP contribution < -0.4 is 5.32 Å². The van der Waals surface area contributed by atoms with E-state index in [9.17, 15) is 18.0 Å². The van der Waals surface area contributed by atoms with E-state index < -0.39 is 12.1 Å². The number of ether oxygens (including phenoxy) is 2. The van der Waals surface area contributed by atoms with Gasteiger partial charge in [-0.1, -0.05) is 0 Å². The Labute approximate surface area is 156 Å². The second kappa shape index (κ2) is 9.70. The Morgan fingerprint density at radius 2 is 1.89 bits per heavy atom. The number of hydrogen-bond acceptors (Lipinski definition) is 5. The highest BCUT2D eigenvalue weighted by Crippen LogP contribution is 2.33. The maximum atomic E-state index is 11.8. The third kappa shape index (κ3) is 6.93. The Balaban J connectivity index is 0.000000321. The zero-order valence-corrected chi connectivity index (χ0v) is 15.2. The van der Waals surface area contributed by atoms with Gasteiger partial charge in [-0.2, -0.15) is 13.2 Å². The molecule has 0 radical (unpaired) electrons. The highest BCUT2D eigenvalue weighted by Gasteiger charge is 2.42. The summed E-state index contributed by atoms with van der Waals surface area (Å²) in [7, 11) is 0. The molecule has 3 saturated heterocycles. The van der Waals surface area contributed by atoms with E-state index in [2.05, 4.69) is 5.32 Å². The molecule has 0 aromatic heterocycles. The molecule has 0 aromatic carbocycles. The fourth-order valence-electron chi connectivity index (χ4n) is 3.49. The van der Waals surface area contributed by atoms with Crippen LogP contribution in [0.25, 0.3) is 0 Å². The SMILES string of the molecule is O=C(COCCC1CCOC2(CNC2)C1)N1CCCC1.O=C(O)C(F)(F)F. The number of hydrogen-bond donors (Lipinski definition) is 2. The van der Waals surface area contributed by atoms with Crippen LogP contribution in [0.15, 0.2) is 0 Å². The fourth-order valence-corrected chi connectivity index (χ4v) is 3.49. The molecule has 10 heteroatoms. The summed E-state index contributed by atoms with van der Waals surface area (Å²) < 4.78 is 43.2. The quantitative estimate of drug-likeness (QED) is 0.684. The molecule has 0 aromatic rings. The Morgan fingerprint density at radius 3 is 2.41 bits per heavy atom. The van der Waals surface area contributed by atoms with E-state index in [1.54, 1.807) is 0 Å². The van der Waals surface area contributed by atoms with Crippen LogP contribution in [0.1, 0.15) is 32.1 Å². The minimum absolute atomic E-state index is 0.119. The van der Waals surface area contributed by atoms with Crippen LogP contribution in [0.3, 0.4) is 0 Å². The molecule has 0 aliphatic carbocycles. The summed E-state index contributed by atoms with van der Waals surface area (Å²) in [5.41, 5.74) is 0.119. The third-order valence-electron chi connectivity index (χ3n) is 5.09. The zero-order valence-electron chi connectivity index (χ0n) is 15.2. The van der Waals surface area contributed by atoms with Gasteiger partial charge in [0.1, 0.15) is 6.61 Å². The Hall–Kier alpha value is -1.39. The largest absolute Gasteiger partial charge is 0.490 e. The average molecular weight is 396 g/mol. The first-order chi connectivity index (χ1) is 12.7. The summed E-state index contributed by atoms with van der Waals surface area (Å²) in [4.78, 5) is 22.6. The number of amides is 1. The van der Waals surface area contributed by atoms with Crippen molar-refractivity contribution in [3.05, 3.63) is 0 Å². The summed E-state index contributed by atoms with van der Waals surface area (Å²) in [6.07, 6.45) is 0.529. The summed E-state index contributed by atoms with van der Waals surface area (Å²) in [5, 5.41) is 10.4. The van der Waals surface area contributed by atoms with Gasteiger partial charge in [0.25, 0.3) is 0 Å². The molecular formula is C17H27F3N2O5. The number of nitrogens with one attached hydrogen (secondary N) is 1. The van der Waals surface area contributed by atoms with Gasteiger partial charge >= 0.3 is 12.1 Å². The average Bonchev–Trinajstić information content (AvgIpc) is 3.12. The number of likely N-dealkylation sites (tertiary alicyclic amines) is 1. The van der Waals surface area contributed by atoms with Crippen molar-refractivity contribution in [3.63, 3.8) is 0 Å². The normalized spacial score (nSPS) is 24.1. The van der Waals surface area contributed by atoms with Gasteiger partial charge in [-0.3, -0.25) is 4.79 Å². The monoisotopic (exact) mass is 396 g/mol. The lowest BCUT2D eigenvalue weighted by molar-refractivity contribution is -0.192. The first-order valence-electron chi connectivity index (χ1n) is 9.22. The molecule has 7 nitrogen and oxygen atoms in total. The van der Waals surface area contributed by atoms with Gasteiger partial charge in [0.15, 0.2) is 0 Å². The van der Waals surface area contributed by atoms with Crippen LogP contribution in [0, 0.1) is 5.92 Å². The molecule has 3 rings (SSSR count). The Morgan fingerprint density at radius 1 is 1.26 bits per heavy atom. The molecule has 156 valence electrons. The molecule has 1 atom stereocenters. The van der Waals surface area contributed by atoms with E-state index in [1.165, 1.54) is 0 Å². The second-order valence-corrected chi connectivity index (χ2v) is 7.23. The fraction of sp³-hybridized carbons (Fsp3) is 0.882. The first kappa shape index (κ1) is 21.9. The van der Waals surface area contributed by atoms with Gasteiger partial charge in [0.2, 0.25) is 5.91 Å². The van der Waals surface area contributed by atoms with Crippen LogP contribution in [0.2, 0.25) is 0 Å². The number of carbonyl (C=O) groups is 2. The maximum Gasteiger partial charge on any atom is 0.490 e. The van der Waals surface area contributed by atoms with Gasteiger partial charge < -0.3 is 24.8 Å². The molecule has 0 saturated carbocycles. The van der Waals surface area contributed by atoms with E-state index in [0.29, 0.717) is 12.5 Å².